The normalized spacial score (nSPS) is 15.4. The molecule has 2 rings (SSSR count). The first-order valence-corrected chi connectivity index (χ1v) is 5.48. The van der Waals surface area contributed by atoms with E-state index >= 15 is 0 Å². The molecule has 0 bridgehead atoms. The van der Waals surface area contributed by atoms with Crippen molar-refractivity contribution in [2.45, 2.75) is 26.4 Å². The van der Waals surface area contributed by atoms with Gasteiger partial charge < -0.3 is 10.0 Å². The van der Waals surface area contributed by atoms with Crippen LogP contribution in [0.1, 0.15) is 24.0 Å². The molecule has 0 aliphatic heterocycles. The predicted molar refractivity (Wildman–Crippen MR) is 60.9 cm³/mol. The van der Waals surface area contributed by atoms with Gasteiger partial charge in [-0.25, -0.2) is 4.98 Å². The van der Waals surface area contributed by atoms with E-state index in [1.165, 1.54) is 12.8 Å². The Morgan fingerprint density at radius 3 is 2.80 bits per heavy atom. The summed E-state index contributed by atoms with van der Waals surface area (Å²) in [5, 5.41) is 8.99. The largest absolute Gasteiger partial charge is 0.392 e. The third-order valence-electron chi connectivity index (χ3n) is 2.88. The van der Waals surface area contributed by atoms with Gasteiger partial charge in [0.2, 0.25) is 0 Å². The summed E-state index contributed by atoms with van der Waals surface area (Å²) < 4.78 is 0. The Morgan fingerprint density at radius 2 is 2.27 bits per heavy atom. The summed E-state index contributed by atoms with van der Waals surface area (Å²) in [6.07, 6.45) is 4.47. The molecule has 3 nitrogen and oxygen atoms in total. The number of aromatic nitrogens is 1. The molecule has 1 aliphatic rings. The van der Waals surface area contributed by atoms with E-state index in [4.69, 9.17) is 5.11 Å². The number of nitrogens with zero attached hydrogens (tertiary/aromatic N) is 2. The molecule has 82 valence electrons. The lowest BCUT2D eigenvalue weighted by Gasteiger charge is -2.20. The maximum absolute atomic E-state index is 8.99. The average Bonchev–Trinajstić information content (AvgIpc) is 3.01. The van der Waals surface area contributed by atoms with Crippen LogP contribution in [0.4, 0.5) is 5.82 Å². The first-order valence-electron chi connectivity index (χ1n) is 5.48. The summed E-state index contributed by atoms with van der Waals surface area (Å²) in [5.74, 6) is 1.91. The van der Waals surface area contributed by atoms with E-state index in [0.29, 0.717) is 0 Å². The van der Waals surface area contributed by atoms with Gasteiger partial charge in [-0.15, -0.1) is 0 Å². The zero-order valence-electron chi connectivity index (χ0n) is 9.40. The topological polar surface area (TPSA) is 36.4 Å². The van der Waals surface area contributed by atoms with Crippen LogP contribution in [0, 0.1) is 12.8 Å². The summed E-state index contributed by atoms with van der Waals surface area (Å²) in [6, 6.07) is 2.01. The van der Waals surface area contributed by atoms with Crippen LogP contribution < -0.4 is 4.90 Å². The van der Waals surface area contributed by atoms with E-state index in [1.807, 2.05) is 13.0 Å². The van der Waals surface area contributed by atoms with Crippen molar-refractivity contribution >= 4 is 5.82 Å². The lowest BCUT2D eigenvalue weighted by molar-refractivity contribution is 0.281. The molecule has 1 aromatic heterocycles. The molecule has 1 aliphatic carbocycles. The molecule has 0 saturated heterocycles. The predicted octanol–water partition coefficient (Wildman–Crippen LogP) is 1.73. The molecule has 0 aromatic carbocycles. The third-order valence-corrected chi connectivity index (χ3v) is 2.88. The van der Waals surface area contributed by atoms with Crippen LogP contribution in [-0.2, 0) is 6.61 Å². The van der Waals surface area contributed by atoms with E-state index in [-0.39, 0.29) is 6.61 Å². The molecule has 0 amide bonds. The van der Waals surface area contributed by atoms with Gasteiger partial charge in [0.15, 0.2) is 0 Å². The molecule has 15 heavy (non-hydrogen) atoms. The summed E-state index contributed by atoms with van der Waals surface area (Å²) in [5.41, 5.74) is 2.03. The fourth-order valence-corrected chi connectivity index (χ4v) is 1.89. The highest BCUT2D eigenvalue weighted by molar-refractivity contribution is 5.46. The number of aryl methyl sites for hydroxylation is 1. The van der Waals surface area contributed by atoms with Crippen molar-refractivity contribution in [2.24, 2.45) is 5.92 Å². The Bertz CT molecular complexity index is 347. The minimum atomic E-state index is 0.0699. The maximum Gasteiger partial charge on any atom is 0.131 e. The van der Waals surface area contributed by atoms with Crippen molar-refractivity contribution in [2.75, 3.05) is 18.5 Å². The molecule has 1 heterocycles. The first-order chi connectivity index (χ1) is 7.20. The Kier molecular flexibility index (Phi) is 2.91. The Balaban J connectivity index is 2.11. The van der Waals surface area contributed by atoms with Crippen LogP contribution in [0.2, 0.25) is 0 Å². The molecule has 1 aromatic rings. The second-order valence-corrected chi connectivity index (χ2v) is 4.47. The van der Waals surface area contributed by atoms with Crippen LogP contribution in [0.3, 0.4) is 0 Å². The van der Waals surface area contributed by atoms with Gasteiger partial charge in [-0.05, 0) is 42.9 Å². The maximum atomic E-state index is 8.99. The van der Waals surface area contributed by atoms with Crippen LogP contribution in [0.25, 0.3) is 0 Å². The average molecular weight is 206 g/mol. The fraction of sp³-hybridized carbons (Fsp3) is 0.583. The lowest BCUT2D eigenvalue weighted by atomic mass is 10.2. The zero-order valence-corrected chi connectivity index (χ0v) is 9.40. The minimum absolute atomic E-state index is 0.0699. The van der Waals surface area contributed by atoms with E-state index < -0.39 is 0 Å². The van der Waals surface area contributed by atoms with Gasteiger partial charge >= 0.3 is 0 Å². The van der Waals surface area contributed by atoms with Crippen LogP contribution in [-0.4, -0.2) is 23.7 Å². The minimum Gasteiger partial charge on any atom is -0.392 e. The molecule has 0 radical (unpaired) electrons. The summed E-state index contributed by atoms with van der Waals surface area (Å²) >= 11 is 0. The number of hydrogen-bond donors (Lipinski definition) is 1. The Morgan fingerprint density at radius 1 is 1.53 bits per heavy atom. The second kappa shape index (κ2) is 4.19. The van der Waals surface area contributed by atoms with Crippen LogP contribution >= 0.6 is 0 Å². The van der Waals surface area contributed by atoms with Crippen LogP contribution in [0.15, 0.2) is 12.3 Å². The molecule has 1 N–H and O–H groups in total. The SMILES string of the molecule is Cc1cc(CO)cnc1N(C)CC1CC1. The molecular weight excluding hydrogens is 188 g/mol. The van der Waals surface area contributed by atoms with E-state index in [2.05, 4.69) is 16.9 Å². The number of pyridine rings is 1. The van der Waals surface area contributed by atoms with E-state index in [9.17, 15) is 0 Å². The number of aliphatic hydroxyl groups excluding tert-OH is 1. The van der Waals surface area contributed by atoms with E-state index in [1.54, 1.807) is 6.20 Å². The van der Waals surface area contributed by atoms with Gasteiger partial charge in [0.05, 0.1) is 6.61 Å². The molecule has 0 unspecified atom stereocenters. The zero-order chi connectivity index (χ0) is 10.8. The van der Waals surface area contributed by atoms with Crippen molar-refractivity contribution < 1.29 is 5.11 Å². The monoisotopic (exact) mass is 206 g/mol. The van der Waals surface area contributed by atoms with Crippen molar-refractivity contribution in [3.05, 3.63) is 23.4 Å². The molecular formula is C12H18N2O. The Hall–Kier alpha value is -1.09. The van der Waals surface area contributed by atoms with Gasteiger partial charge in [-0.3, -0.25) is 0 Å². The lowest BCUT2D eigenvalue weighted by Crippen LogP contribution is -2.22. The van der Waals surface area contributed by atoms with Crippen molar-refractivity contribution in [3.8, 4) is 0 Å². The molecule has 3 heteroatoms. The van der Waals surface area contributed by atoms with Gasteiger partial charge in [-0.1, -0.05) is 0 Å². The highest BCUT2D eigenvalue weighted by atomic mass is 16.3. The molecule has 0 spiro atoms. The quantitative estimate of drug-likeness (QED) is 0.815. The number of anilines is 1. The molecule has 1 fully saturated rings. The summed E-state index contributed by atoms with van der Waals surface area (Å²) in [6.45, 7) is 3.22. The highest BCUT2D eigenvalue weighted by Gasteiger charge is 2.23. The Labute approximate surface area is 90.8 Å². The van der Waals surface area contributed by atoms with Crippen molar-refractivity contribution in [3.63, 3.8) is 0 Å². The van der Waals surface area contributed by atoms with Crippen molar-refractivity contribution in [1.29, 1.82) is 0 Å². The first kappa shape index (κ1) is 10.4. The van der Waals surface area contributed by atoms with Crippen LogP contribution in [0.5, 0.6) is 0 Å². The number of rotatable bonds is 4. The summed E-state index contributed by atoms with van der Waals surface area (Å²) in [4.78, 5) is 6.61. The standard InChI is InChI=1S/C12H18N2O/c1-9-5-11(8-15)6-13-12(9)14(2)7-10-3-4-10/h5-6,10,15H,3-4,7-8H2,1-2H3. The van der Waals surface area contributed by atoms with Gasteiger partial charge in [0.25, 0.3) is 0 Å². The molecule has 0 atom stereocenters. The van der Waals surface area contributed by atoms with Gasteiger partial charge in [-0.2, -0.15) is 0 Å². The van der Waals surface area contributed by atoms with E-state index in [0.717, 1.165) is 29.4 Å². The van der Waals surface area contributed by atoms with Gasteiger partial charge in [0, 0.05) is 19.8 Å². The third kappa shape index (κ3) is 2.48. The highest BCUT2D eigenvalue weighted by Crippen LogP contribution is 2.31. The molecule has 1 saturated carbocycles. The van der Waals surface area contributed by atoms with Gasteiger partial charge in [0.1, 0.15) is 5.82 Å². The fourth-order valence-electron chi connectivity index (χ4n) is 1.89. The number of hydrogen-bond acceptors (Lipinski definition) is 3. The number of aliphatic hydroxyl groups is 1. The summed E-state index contributed by atoms with van der Waals surface area (Å²) in [7, 11) is 2.09. The smallest absolute Gasteiger partial charge is 0.131 e. The van der Waals surface area contributed by atoms with Crippen molar-refractivity contribution in [1.82, 2.24) is 4.98 Å². The second-order valence-electron chi connectivity index (χ2n) is 4.47.